The molecule has 0 saturated heterocycles. The molecule has 0 spiro atoms. The molecular weight excluding hydrogens is 216 g/mol. The quantitative estimate of drug-likeness (QED) is 0.799. The van der Waals surface area contributed by atoms with Crippen LogP contribution in [0.4, 0.5) is 5.95 Å². The molecule has 0 aliphatic carbocycles. The summed E-state index contributed by atoms with van der Waals surface area (Å²) in [6, 6.07) is 7.95. The molecule has 3 rings (SSSR count). The van der Waals surface area contributed by atoms with Crippen LogP contribution in [-0.4, -0.2) is 15.0 Å². The Morgan fingerprint density at radius 2 is 2.06 bits per heavy atom. The SMILES string of the molecule is Cc1nc(N)nc(C2Cc3ccccc3O2)n1. The standard InChI is InChI=1S/C12H12N4O/c1-7-14-11(16-12(13)15-7)10-6-8-4-2-3-5-9(8)17-10/h2-5,10H,6H2,1H3,(H2,13,14,15,16). The minimum Gasteiger partial charge on any atom is -0.482 e. The van der Waals surface area contributed by atoms with Crippen LogP contribution in [0, 0.1) is 6.92 Å². The first-order chi connectivity index (χ1) is 8.22. The molecule has 0 radical (unpaired) electrons. The zero-order chi connectivity index (χ0) is 11.8. The van der Waals surface area contributed by atoms with Crippen LogP contribution in [0.2, 0.25) is 0 Å². The van der Waals surface area contributed by atoms with Gasteiger partial charge in [-0.15, -0.1) is 0 Å². The number of anilines is 1. The Morgan fingerprint density at radius 1 is 1.24 bits per heavy atom. The van der Waals surface area contributed by atoms with Crippen molar-refractivity contribution in [3.8, 4) is 5.75 Å². The normalized spacial score (nSPS) is 17.6. The molecule has 86 valence electrons. The molecule has 0 saturated carbocycles. The lowest BCUT2D eigenvalue weighted by atomic mass is 10.1. The van der Waals surface area contributed by atoms with Gasteiger partial charge < -0.3 is 10.5 Å². The van der Waals surface area contributed by atoms with Crippen molar-refractivity contribution in [2.24, 2.45) is 0 Å². The third-order valence-electron chi connectivity index (χ3n) is 2.72. The third-order valence-corrected chi connectivity index (χ3v) is 2.72. The Labute approximate surface area is 98.7 Å². The summed E-state index contributed by atoms with van der Waals surface area (Å²) in [6.45, 7) is 1.80. The highest BCUT2D eigenvalue weighted by Crippen LogP contribution is 2.34. The van der Waals surface area contributed by atoms with Gasteiger partial charge in [0.05, 0.1) is 0 Å². The van der Waals surface area contributed by atoms with Gasteiger partial charge in [-0.3, -0.25) is 0 Å². The van der Waals surface area contributed by atoms with E-state index in [1.165, 1.54) is 5.56 Å². The molecule has 0 fully saturated rings. The number of nitrogens with zero attached hydrogens (tertiary/aromatic N) is 3. The van der Waals surface area contributed by atoms with Gasteiger partial charge in [-0.1, -0.05) is 18.2 Å². The molecule has 1 unspecified atom stereocenters. The van der Waals surface area contributed by atoms with Crippen molar-refractivity contribution in [3.05, 3.63) is 41.5 Å². The lowest BCUT2D eigenvalue weighted by molar-refractivity contribution is 0.227. The predicted octanol–water partition coefficient (Wildman–Crippen LogP) is 1.44. The van der Waals surface area contributed by atoms with E-state index in [1.54, 1.807) is 6.92 Å². The fourth-order valence-electron chi connectivity index (χ4n) is 1.99. The van der Waals surface area contributed by atoms with Crippen LogP contribution in [0.1, 0.15) is 23.3 Å². The van der Waals surface area contributed by atoms with Gasteiger partial charge in [-0.2, -0.15) is 9.97 Å². The van der Waals surface area contributed by atoms with Crippen LogP contribution in [-0.2, 0) is 6.42 Å². The summed E-state index contributed by atoms with van der Waals surface area (Å²) in [6.07, 6.45) is 0.621. The van der Waals surface area contributed by atoms with Gasteiger partial charge in [0.2, 0.25) is 5.95 Å². The second-order valence-electron chi connectivity index (χ2n) is 4.02. The molecule has 0 bridgehead atoms. The van der Waals surface area contributed by atoms with Crippen LogP contribution >= 0.6 is 0 Å². The number of fused-ring (bicyclic) bond motifs is 1. The van der Waals surface area contributed by atoms with Crippen LogP contribution in [0.25, 0.3) is 0 Å². The summed E-state index contributed by atoms with van der Waals surface area (Å²) in [5, 5.41) is 0. The van der Waals surface area contributed by atoms with Crippen LogP contribution in [0.5, 0.6) is 5.75 Å². The van der Waals surface area contributed by atoms with E-state index in [4.69, 9.17) is 10.5 Å². The molecule has 1 aliphatic rings. The second-order valence-corrected chi connectivity index (χ2v) is 4.02. The molecule has 2 N–H and O–H groups in total. The van der Waals surface area contributed by atoms with E-state index in [0.29, 0.717) is 11.6 Å². The Balaban J connectivity index is 1.93. The number of para-hydroxylation sites is 1. The first-order valence-corrected chi connectivity index (χ1v) is 5.45. The van der Waals surface area contributed by atoms with Crippen LogP contribution in [0.15, 0.2) is 24.3 Å². The van der Waals surface area contributed by atoms with E-state index < -0.39 is 0 Å². The van der Waals surface area contributed by atoms with Crippen molar-refractivity contribution in [3.63, 3.8) is 0 Å². The highest BCUT2D eigenvalue weighted by atomic mass is 16.5. The topological polar surface area (TPSA) is 73.9 Å². The van der Waals surface area contributed by atoms with Gasteiger partial charge >= 0.3 is 0 Å². The molecule has 1 atom stereocenters. The van der Waals surface area contributed by atoms with E-state index in [0.717, 1.165) is 12.2 Å². The Bertz CT molecular complexity index is 525. The molecule has 1 aromatic carbocycles. The van der Waals surface area contributed by atoms with Crippen molar-refractivity contribution in [1.29, 1.82) is 0 Å². The average Bonchev–Trinajstić information content (AvgIpc) is 2.71. The molecule has 5 heteroatoms. The number of benzene rings is 1. The van der Waals surface area contributed by atoms with Crippen molar-refractivity contribution >= 4 is 5.95 Å². The zero-order valence-electron chi connectivity index (χ0n) is 9.42. The average molecular weight is 228 g/mol. The number of ether oxygens (including phenoxy) is 1. The van der Waals surface area contributed by atoms with Gasteiger partial charge in [0.1, 0.15) is 11.6 Å². The minimum atomic E-state index is -0.156. The Kier molecular flexibility index (Phi) is 2.18. The summed E-state index contributed by atoms with van der Waals surface area (Å²) >= 11 is 0. The number of nitrogen functional groups attached to an aromatic ring is 1. The fourth-order valence-corrected chi connectivity index (χ4v) is 1.99. The number of hydrogen-bond acceptors (Lipinski definition) is 5. The van der Waals surface area contributed by atoms with E-state index in [1.807, 2.05) is 24.3 Å². The van der Waals surface area contributed by atoms with Crippen molar-refractivity contribution in [2.45, 2.75) is 19.4 Å². The van der Waals surface area contributed by atoms with Gasteiger partial charge in [-0.05, 0) is 18.6 Å². The van der Waals surface area contributed by atoms with E-state index in [9.17, 15) is 0 Å². The molecule has 17 heavy (non-hydrogen) atoms. The maximum Gasteiger partial charge on any atom is 0.223 e. The molecule has 2 heterocycles. The molecular formula is C12H12N4O. The summed E-state index contributed by atoms with van der Waals surface area (Å²) in [4.78, 5) is 12.4. The number of hydrogen-bond donors (Lipinski definition) is 1. The first kappa shape index (κ1) is 10.0. The lowest BCUT2D eigenvalue weighted by Crippen LogP contribution is -2.12. The summed E-state index contributed by atoms with van der Waals surface area (Å²) in [5.41, 5.74) is 6.79. The lowest BCUT2D eigenvalue weighted by Gasteiger charge is -2.09. The largest absolute Gasteiger partial charge is 0.482 e. The second kappa shape index (κ2) is 3.69. The van der Waals surface area contributed by atoms with Gasteiger partial charge in [0.15, 0.2) is 11.9 Å². The number of aryl methyl sites for hydroxylation is 1. The molecule has 2 aromatic rings. The van der Waals surface area contributed by atoms with Crippen molar-refractivity contribution in [1.82, 2.24) is 15.0 Å². The highest BCUT2D eigenvalue weighted by molar-refractivity contribution is 5.38. The van der Waals surface area contributed by atoms with Gasteiger partial charge in [-0.25, -0.2) is 4.98 Å². The molecule has 1 aliphatic heterocycles. The molecule has 5 nitrogen and oxygen atoms in total. The van der Waals surface area contributed by atoms with Crippen molar-refractivity contribution in [2.75, 3.05) is 5.73 Å². The smallest absolute Gasteiger partial charge is 0.223 e. The monoisotopic (exact) mass is 228 g/mol. The third kappa shape index (κ3) is 1.80. The van der Waals surface area contributed by atoms with E-state index >= 15 is 0 Å². The van der Waals surface area contributed by atoms with Gasteiger partial charge in [0, 0.05) is 6.42 Å². The fraction of sp³-hybridized carbons (Fsp3) is 0.250. The number of aromatic nitrogens is 3. The molecule has 1 aromatic heterocycles. The zero-order valence-corrected chi connectivity index (χ0v) is 9.42. The predicted molar refractivity (Wildman–Crippen MR) is 62.5 cm³/mol. The van der Waals surface area contributed by atoms with Gasteiger partial charge in [0.25, 0.3) is 0 Å². The highest BCUT2D eigenvalue weighted by Gasteiger charge is 2.26. The maximum absolute atomic E-state index is 5.79. The Hall–Kier alpha value is -2.17. The Morgan fingerprint density at radius 3 is 2.82 bits per heavy atom. The maximum atomic E-state index is 5.79. The van der Waals surface area contributed by atoms with Crippen LogP contribution in [0.3, 0.4) is 0 Å². The summed E-state index contributed by atoms with van der Waals surface area (Å²) < 4.78 is 5.79. The molecule has 0 amide bonds. The minimum absolute atomic E-state index is 0.156. The number of rotatable bonds is 1. The van der Waals surface area contributed by atoms with Crippen molar-refractivity contribution < 1.29 is 4.74 Å². The first-order valence-electron chi connectivity index (χ1n) is 5.45. The van der Waals surface area contributed by atoms with E-state index in [-0.39, 0.29) is 12.1 Å². The summed E-state index contributed by atoms with van der Waals surface area (Å²) in [5.74, 6) is 2.36. The van der Waals surface area contributed by atoms with E-state index in [2.05, 4.69) is 15.0 Å². The number of nitrogens with two attached hydrogens (primary N) is 1. The summed E-state index contributed by atoms with van der Waals surface area (Å²) in [7, 11) is 0. The van der Waals surface area contributed by atoms with Crippen LogP contribution < -0.4 is 10.5 Å².